The number of sulfonamides is 1. The van der Waals surface area contributed by atoms with Crippen LogP contribution in [0.3, 0.4) is 0 Å². The molecule has 1 aliphatic rings. The Kier molecular flexibility index (Phi) is 4.91. The van der Waals surface area contributed by atoms with Crippen molar-refractivity contribution in [2.24, 2.45) is 0 Å². The van der Waals surface area contributed by atoms with E-state index in [1.165, 1.54) is 4.31 Å². The topological polar surface area (TPSA) is 58.6 Å². The number of hydrogen-bond donors (Lipinski definition) is 1. The van der Waals surface area contributed by atoms with E-state index in [9.17, 15) is 8.42 Å². The summed E-state index contributed by atoms with van der Waals surface area (Å²) in [5.41, 5.74) is 0.223. The van der Waals surface area contributed by atoms with E-state index in [1.54, 1.807) is 12.1 Å². The van der Waals surface area contributed by atoms with Crippen LogP contribution in [-0.4, -0.2) is 44.6 Å². The van der Waals surface area contributed by atoms with Crippen molar-refractivity contribution < 1.29 is 13.2 Å². The molecule has 1 aromatic rings. The molecule has 0 amide bonds. The van der Waals surface area contributed by atoms with Gasteiger partial charge in [-0.15, -0.1) is 0 Å². The first-order valence-electron chi connectivity index (χ1n) is 7.34. The lowest BCUT2D eigenvalue weighted by Gasteiger charge is -2.37. The molecule has 21 heavy (non-hydrogen) atoms. The summed E-state index contributed by atoms with van der Waals surface area (Å²) in [6.45, 7) is 7.82. The van der Waals surface area contributed by atoms with Gasteiger partial charge >= 0.3 is 0 Å². The van der Waals surface area contributed by atoms with Crippen LogP contribution in [0.1, 0.15) is 27.2 Å². The molecule has 6 heteroatoms. The molecule has 0 saturated carbocycles. The average Bonchev–Trinajstić information content (AvgIpc) is 2.44. The summed E-state index contributed by atoms with van der Waals surface area (Å²) in [7, 11) is -3.50. The van der Waals surface area contributed by atoms with E-state index in [4.69, 9.17) is 4.74 Å². The summed E-state index contributed by atoms with van der Waals surface area (Å²) in [4.78, 5) is 0.344. The zero-order chi connectivity index (χ0) is 15.5. The molecule has 0 unspecified atom stereocenters. The van der Waals surface area contributed by atoms with Crippen molar-refractivity contribution in [3.05, 3.63) is 24.3 Å². The lowest BCUT2D eigenvalue weighted by molar-refractivity contribution is -0.0640. The number of anilines is 1. The van der Waals surface area contributed by atoms with E-state index >= 15 is 0 Å². The summed E-state index contributed by atoms with van der Waals surface area (Å²) in [5.74, 6) is 0. The Morgan fingerprint density at radius 2 is 2.05 bits per heavy atom. The maximum absolute atomic E-state index is 12.9. The van der Waals surface area contributed by atoms with E-state index in [1.807, 2.05) is 26.0 Å². The third kappa shape index (κ3) is 3.75. The van der Waals surface area contributed by atoms with Crippen LogP contribution in [0.4, 0.5) is 5.69 Å². The predicted molar refractivity (Wildman–Crippen MR) is 84.0 cm³/mol. The average molecular weight is 312 g/mol. The molecule has 1 heterocycles. The number of para-hydroxylation sites is 1. The molecule has 118 valence electrons. The molecule has 2 rings (SSSR count). The Labute approximate surface area is 127 Å². The van der Waals surface area contributed by atoms with Crippen LogP contribution in [0.5, 0.6) is 0 Å². The molecule has 0 radical (unpaired) electrons. The Hall–Kier alpha value is -1.11. The van der Waals surface area contributed by atoms with Gasteiger partial charge in [-0.05, 0) is 32.4 Å². The van der Waals surface area contributed by atoms with Gasteiger partial charge in [0.05, 0.1) is 17.9 Å². The van der Waals surface area contributed by atoms with Crippen molar-refractivity contribution in [1.82, 2.24) is 4.31 Å². The number of hydrogen-bond acceptors (Lipinski definition) is 4. The monoisotopic (exact) mass is 312 g/mol. The molecule has 1 aromatic carbocycles. The van der Waals surface area contributed by atoms with Gasteiger partial charge in [0, 0.05) is 19.6 Å². The van der Waals surface area contributed by atoms with Gasteiger partial charge in [0.25, 0.3) is 0 Å². The molecule has 0 bridgehead atoms. The first-order chi connectivity index (χ1) is 9.87. The zero-order valence-corrected chi connectivity index (χ0v) is 13.7. The lowest BCUT2D eigenvalue weighted by atomic mass is 10.1. The standard InChI is InChI=1S/C15H24N2O3S/c1-4-9-16-13-7-5-6-8-14(13)21(18,19)17-10-11-20-15(2,3)12-17/h5-8,16H,4,9-12H2,1-3H3. The van der Waals surface area contributed by atoms with Gasteiger partial charge in [-0.1, -0.05) is 19.1 Å². The molecular weight excluding hydrogens is 288 g/mol. The third-order valence-corrected chi connectivity index (χ3v) is 5.36. The van der Waals surface area contributed by atoms with Gasteiger partial charge in [0.1, 0.15) is 4.90 Å². The van der Waals surface area contributed by atoms with E-state index in [-0.39, 0.29) is 0 Å². The van der Waals surface area contributed by atoms with Crippen LogP contribution in [-0.2, 0) is 14.8 Å². The zero-order valence-electron chi connectivity index (χ0n) is 12.9. The largest absolute Gasteiger partial charge is 0.384 e. The Morgan fingerprint density at radius 3 is 2.71 bits per heavy atom. The highest BCUT2D eigenvalue weighted by Gasteiger charge is 2.35. The maximum Gasteiger partial charge on any atom is 0.245 e. The SMILES string of the molecule is CCCNc1ccccc1S(=O)(=O)N1CCOC(C)(C)C1. The van der Waals surface area contributed by atoms with E-state index in [2.05, 4.69) is 12.2 Å². The molecule has 1 fully saturated rings. The second-order valence-electron chi connectivity index (χ2n) is 5.87. The minimum absolute atomic E-state index is 0.344. The van der Waals surface area contributed by atoms with Gasteiger partial charge < -0.3 is 10.1 Å². The number of benzene rings is 1. The van der Waals surface area contributed by atoms with Crippen LogP contribution >= 0.6 is 0 Å². The number of nitrogens with one attached hydrogen (secondary N) is 1. The lowest BCUT2D eigenvalue weighted by Crippen LogP contribution is -2.50. The fourth-order valence-electron chi connectivity index (χ4n) is 2.41. The maximum atomic E-state index is 12.9. The van der Waals surface area contributed by atoms with Crippen LogP contribution < -0.4 is 5.32 Å². The molecule has 5 nitrogen and oxygen atoms in total. The fraction of sp³-hybridized carbons (Fsp3) is 0.600. The quantitative estimate of drug-likeness (QED) is 0.906. The highest BCUT2D eigenvalue weighted by atomic mass is 32.2. The summed E-state index contributed by atoms with van der Waals surface area (Å²) >= 11 is 0. The van der Waals surface area contributed by atoms with Crippen LogP contribution in [0, 0.1) is 0 Å². The summed E-state index contributed by atoms with van der Waals surface area (Å²) in [5, 5.41) is 3.19. The highest BCUT2D eigenvalue weighted by molar-refractivity contribution is 7.89. The molecule has 1 aliphatic heterocycles. The van der Waals surface area contributed by atoms with Crippen LogP contribution in [0.2, 0.25) is 0 Å². The fourth-order valence-corrected chi connectivity index (χ4v) is 4.16. The molecule has 0 aromatic heterocycles. The summed E-state index contributed by atoms with van der Waals surface area (Å²) < 4.78 is 32.9. The van der Waals surface area contributed by atoms with Crippen molar-refractivity contribution in [2.75, 3.05) is 31.6 Å². The van der Waals surface area contributed by atoms with E-state index in [0.717, 1.165) is 13.0 Å². The van der Waals surface area contributed by atoms with Gasteiger partial charge in [0.2, 0.25) is 10.0 Å². The van der Waals surface area contributed by atoms with Crippen molar-refractivity contribution in [3.8, 4) is 0 Å². The second-order valence-corrected chi connectivity index (χ2v) is 7.78. The van der Waals surface area contributed by atoms with E-state index in [0.29, 0.717) is 30.3 Å². The molecular formula is C15H24N2O3S. The minimum Gasteiger partial charge on any atom is -0.384 e. The number of rotatable bonds is 5. The minimum atomic E-state index is -3.50. The van der Waals surface area contributed by atoms with Crippen molar-refractivity contribution in [2.45, 2.75) is 37.7 Å². The predicted octanol–water partition coefficient (Wildman–Crippen LogP) is 2.31. The van der Waals surface area contributed by atoms with Crippen molar-refractivity contribution in [3.63, 3.8) is 0 Å². The number of ether oxygens (including phenoxy) is 1. The second kappa shape index (κ2) is 6.34. The Bertz CT molecular complexity index is 584. The summed E-state index contributed by atoms with van der Waals surface area (Å²) in [6, 6.07) is 7.08. The first kappa shape index (κ1) is 16.3. The molecule has 1 saturated heterocycles. The molecule has 0 atom stereocenters. The van der Waals surface area contributed by atoms with Gasteiger partial charge in [-0.2, -0.15) is 4.31 Å². The molecule has 1 N–H and O–H groups in total. The number of morpholine rings is 1. The Balaban J connectivity index is 2.31. The Morgan fingerprint density at radius 1 is 1.33 bits per heavy atom. The van der Waals surface area contributed by atoms with Crippen molar-refractivity contribution in [1.29, 1.82) is 0 Å². The third-order valence-electron chi connectivity index (χ3n) is 3.46. The normalized spacial score (nSPS) is 19.4. The highest BCUT2D eigenvalue weighted by Crippen LogP contribution is 2.28. The number of nitrogens with zero attached hydrogens (tertiary/aromatic N) is 1. The van der Waals surface area contributed by atoms with Crippen LogP contribution in [0.15, 0.2) is 29.2 Å². The first-order valence-corrected chi connectivity index (χ1v) is 8.78. The van der Waals surface area contributed by atoms with E-state index < -0.39 is 15.6 Å². The van der Waals surface area contributed by atoms with Gasteiger partial charge in [0.15, 0.2) is 0 Å². The van der Waals surface area contributed by atoms with Gasteiger partial charge in [-0.3, -0.25) is 0 Å². The van der Waals surface area contributed by atoms with Crippen molar-refractivity contribution >= 4 is 15.7 Å². The van der Waals surface area contributed by atoms with Gasteiger partial charge in [-0.25, -0.2) is 8.42 Å². The smallest absolute Gasteiger partial charge is 0.245 e. The van der Waals surface area contributed by atoms with Crippen LogP contribution in [0.25, 0.3) is 0 Å². The molecule has 0 aliphatic carbocycles. The molecule has 0 spiro atoms. The summed E-state index contributed by atoms with van der Waals surface area (Å²) in [6.07, 6.45) is 0.943.